The van der Waals surface area contributed by atoms with E-state index in [9.17, 15) is 4.79 Å². The highest BCUT2D eigenvalue weighted by molar-refractivity contribution is 7.98. The number of aromatic nitrogens is 3. The fourth-order valence-electron chi connectivity index (χ4n) is 2.84. The number of hydrogen-bond donors (Lipinski definition) is 1. The molecule has 1 N–H and O–H groups in total. The normalized spacial score (nSPS) is 10.8. The van der Waals surface area contributed by atoms with E-state index < -0.39 is 0 Å². The molecule has 0 bridgehead atoms. The molecule has 8 heteroatoms. The van der Waals surface area contributed by atoms with Gasteiger partial charge in [-0.05, 0) is 36.6 Å². The molecule has 0 saturated carbocycles. The second kappa shape index (κ2) is 10.8. The van der Waals surface area contributed by atoms with E-state index in [0.29, 0.717) is 29.0 Å². The van der Waals surface area contributed by atoms with Gasteiger partial charge in [0.2, 0.25) is 0 Å². The van der Waals surface area contributed by atoms with Crippen LogP contribution in [0.4, 0.5) is 5.82 Å². The van der Waals surface area contributed by atoms with E-state index in [1.54, 1.807) is 18.5 Å². The number of amides is 1. The van der Waals surface area contributed by atoms with Gasteiger partial charge in [-0.25, -0.2) is 9.97 Å². The topological polar surface area (TPSA) is 84.2 Å². The Morgan fingerprint density at radius 2 is 2.10 bits per heavy atom. The SMILES string of the molecule is CCCN(C)c1cc(CC)nc(SCc2ccc(C(=O)NCc3cccnc3)o2)n1. The van der Waals surface area contributed by atoms with E-state index in [2.05, 4.69) is 39.0 Å². The zero-order chi connectivity index (χ0) is 21.3. The van der Waals surface area contributed by atoms with Crippen molar-refractivity contribution >= 4 is 23.5 Å². The van der Waals surface area contributed by atoms with Crippen molar-refractivity contribution in [1.82, 2.24) is 20.3 Å². The van der Waals surface area contributed by atoms with Crippen LogP contribution in [0.1, 0.15) is 47.8 Å². The van der Waals surface area contributed by atoms with Gasteiger partial charge in [-0.2, -0.15) is 0 Å². The Morgan fingerprint density at radius 3 is 2.83 bits per heavy atom. The summed E-state index contributed by atoms with van der Waals surface area (Å²) in [5.41, 5.74) is 1.95. The lowest BCUT2D eigenvalue weighted by atomic mass is 10.3. The number of hydrogen-bond acceptors (Lipinski definition) is 7. The molecule has 1 amide bonds. The van der Waals surface area contributed by atoms with Gasteiger partial charge in [0.1, 0.15) is 11.6 Å². The molecule has 3 heterocycles. The van der Waals surface area contributed by atoms with Gasteiger partial charge in [-0.3, -0.25) is 9.78 Å². The first-order valence-corrected chi connectivity index (χ1v) is 11.0. The highest BCUT2D eigenvalue weighted by Gasteiger charge is 2.13. The summed E-state index contributed by atoms with van der Waals surface area (Å²) in [7, 11) is 2.04. The van der Waals surface area contributed by atoms with Crippen molar-refractivity contribution in [3.63, 3.8) is 0 Å². The average Bonchev–Trinajstić information content (AvgIpc) is 3.26. The lowest BCUT2D eigenvalue weighted by Crippen LogP contribution is -2.22. The quantitative estimate of drug-likeness (QED) is 0.387. The summed E-state index contributed by atoms with van der Waals surface area (Å²) in [5.74, 6) is 2.24. The maximum atomic E-state index is 12.3. The molecule has 0 fully saturated rings. The number of thioether (sulfide) groups is 1. The van der Waals surface area contributed by atoms with Crippen LogP contribution in [0.2, 0.25) is 0 Å². The standard InChI is InChI=1S/C22H27N5O2S/c1-4-11-27(3)20-12-17(5-2)25-22(26-20)30-15-18-8-9-19(29-18)21(28)24-14-16-7-6-10-23-13-16/h6-10,12-13H,4-5,11,14-15H2,1-3H3,(H,24,28). The maximum absolute atomic E-state index is 12.3. The predicted molar refractivity (Wildman–Crippen MR) is 119 cm³/mol. The maximum Gasteiger partial charge on any atom is 0.287 e. The minimum absolute atomic E-state index is 0.247. The first-order valence-electron chi connectivity index (χ1n) is 10.1. The first kappa shape index (κ1) is 21.8. The summed E-state index contributed by atoms with van der Waals surface area (Å²) in [6.07, 6.45) is 5.33. The molecule has 3 aromatic heterocycles. The van der Waals surface area contributed by atoms with Crippen LogP contribution in [0.3, 0.4) is 0 Å². The number of nitrogens with one attached hydrogen (secondary N) is 1. The van der Waals surface area contributed by atoms with Crippen molar-refractivity contribution < 1.29 is 9.21 Å². The predicted octanol–water partition coefficient (Wildman–Crippen LogP) is 4.10. The fourth-order valence-corrected chi connectivity index (χ4v) is 3.60. The number of carbonyl (C=O) groups excluding carboxylic acids is 1. The van der Waals surface area contributed by atoms with Crippen molar-refractivity contribution in [3.05, 3.63) is 65.5 Å². The van der Waals surface area contributed by atoms with Crippen molar-refractivity contribution in [2.24, 2.45) is 0 Å². The molecule has 0 aliphatic rings. The van der Waals surface area contributed by atoms with Crippen LogP contribution in [0, 0.1) is 0 Å². The second-order valence-electron chi connectivity index (χ2n) is 6.87. The van der Waals surface area contributed by atoms with E-state index in [1.165, 1.54) is 11.8 Å². The Balaban J connectivity index is 1.59. The third-order valence-electron chi connectivity index (χ3n) is 4.46. The zero-order valence-electron chi connectivity index (χ0n) is 17.6. The van der Waals surface area contributed by atoms with Gasteiger partial charge in [0, 0.05) is 44.3 Å². The smallest absolute Gasteiger partial charge is 0.287 e. The molecule has 7 nitrogen and oxygen atoms in total. The van der Waals surface area contributed by atoms with Gasteiger partial charge in [0.15, 0.2) is 10.9 Å². The number of furan rings is 1. The number of nitrogens with zero attached hydrogens (tertiary/aromatic N) is 4. The van der Waals surface area contributed by atoms with Crippen LogP contribution >= 0.6 is 11.8 Å². The van der Waals surface area contributed by atoms with Gasteiger partial charge in [-0.1, -0.05) is 31.7 Å². The van der Waals surface area contributed by atoms with E-state index in [-0.39, 0.29) is 5.91 Å². The van der Waals surface area contributed by atoms with Crippen molar-refractivity contribution in [2.75, 3.05) is 18.5 Å². The Hall–Kier alpha value is -2.87. The molecule has 0 aliphatic carbocycles. The Bertz CT molecular complexity index is 961. The Kier molecular flexibility index (Phi) is 7.84. The minimum Gasteiger partial charge on any atom is -0.455 e. The number of rotatable bonds is 10. The number of pyridine rings is 1. The third kappa shape index (κ3) is 6.06. The molecule has 0 saturated heterocycles. The third-order valence-corrected chi connectivity index (χ3v) is 5.33. The van der Waals surface area contributed by atoms with Crippen molar-refractivity contribution in [2.45, 2.75) is 44.1 Å². The molecule has 0 radical (unpaired) electrons. The largest absolute Gasteiger partial charge is 0.455 e. The number of aryl methyl sites for hydroxylation is 1. The van der Waals surface area contributed by atoms with E-state index in [1.807, 2.05) is 31.3 Å². The zero-order valence-corrected chi connectivity index (χ0v) is 18.4. The number of carbonyl (C=O) groups is 1. The van der Waals surface area contributed by atoms with Crippen LogP contribution in [-0.2, 0) is 18.7 Å². The summed E-state index contributed by atoms with van der Waals surface area (Å²) in [5, 5.41) is 3.55. The lowest BCUT2D eigenvalue weighted by Gasteiger charge is -2.18. The van der Waals surface area contributed by atoms with E-state index in [0.717, 1.165) is 36.5 Å². The van der Waals surface area contributed by atoms with Gasteiger partial charge < -0.3 is 14.6 Å². The molecule has 0 spiro atoms. The van der Waals surface area contributed by atoms with Gasteiger partial charge in [-0.15, -0.1) is 0 Å². The van der Waals surface area contributed by atoms with Crippen LogP contribution in [0.25, 0.3) is 0 Å². The van der Waals surface area contributed by atoms with Crippen LogP contribution in [0.15, 0.2) is 52.3 Å². The Morgan fingerprint density at radius 1 is 1.23 bits per heavy atom. The monoisotopic (exact) mass is 425 g/mol. The van der Waals surface area contributed by atoms with Crippen LogP contribution in [0.5, 0.6) is 0 Å². The molecular formula is C22H27N5O2S. The molecule has 0 aliphatic heterocycles. The van der Waals surface area contributed by atoms with Crippen molar-refractivity contribution in [1.29, 1.82) is 0 Å². The van der Waals surface area contributed by atoms with Crippen LogP contribution in [-0.4, -0.2) is 34.5 Å². The highest BCUT2D eigenvalue weighted by Crippen LogP contribution is 2.24. The van der Waals surface area contributed by atoms with Gasteiger partial charge in [0.05, 0.1) is 5.75 Å². The lowest BCUT2D eigenvalue weighted by molar-refractivity contribution is 0.0921. The van der Waals surface area contributed by atoms with Crippen LogP contribution < -0.4 is 10.2 Å². The molecule has 0 unspecified atom stereocenters. The molecular weight excluding hydrogens is 398 g/mol. The molecule has 158 valence electrons. The molecule has 0 atom stereocenters. The molecule has 3 aromatic rings. The second-order valence-corrected chi connectivity index (χ2v) is 7.82. The average molecular weight is 426 g/mol. The highest BCUT2D eigenvalue weighted by atomic mass is 32.2. The summed E-state index contributed by atoms with van der Waals surface area (Å²) < 4.78 is 5.71. The van der Waals surface area contributed by atoms with Gasteiger partial charge in [0.25, 0.3) is 5.91 Å². The molecule has 0 aromatic carbocycles. The summed E-state index contributed by atoms with van der Waals surface area (Å²) in [6.45, 7) is 5.59. The van der Waals surface area contributed by atoms with Gasteiger partial charge >= 0.3 is 0 Å². The summed E-state index contributed by atoms with van der Waals surface area (Å²) in [4.78, 5) is 27.8. The summed E-state index contributed by atoms with van der Waals surface area (Å²) >= 11 is 1.51. The van der Waals surface area contributed by atoms with E-state index >= 15 is 0 Å². The van der Waals surface area contributed by atoms with Crippen molar-refractivity contribution in [3.8, 4) is 0 Å². The van der Waals surface area contributed by atoms with E-state index in [4.69, 9.17) is 4.42 Å². The minimum atomic E-state index is -0.247. The fraction of sp³-hybridized carbons (Fsp3) is 0.364. The Labute approximate surface area is 181 Å². The molecule has 3 rings (SSSR count). The molecule has 30 heavy (non-hydrogen) atoms. The summed E-state index contributed by atoms with van der Waals surface area (Å²) in [6, 6.07) is 9.30. The first-order chi connectivity index (χ1) is 14.6. The number of anilines is 1.